The first-order chi connectivity index (χ1) is 9.73. The lowest BCUT2D eigenvalue weighted by Gasteiger charge is -2.27. The van der Waals surface area contributed by atoms with E-state index in [4.69, 9.17) is 0 Å². The van der Waals surface area contributed by atoms with Crippen molar-refractivity contribution in [3.63, 3.8) is 0 Å². The second kappa shape index (κ2) is 7.11. The van der Waals surface area contributed by atoms with Crippen molar-refractivity contribution in [1.82, 2.24) is 4.90 Å². The van der Waals surface area contributed by atoms with E-state index in [1.165, 1.54) is 0 Å². The number of amides is 2. The predicted octanol–water partition coefficient (Wildman–Crippen LogP) is 3.59. The van der Waals surface area contributed by atoms with Crippen molar-refractivity contribution in [1.29, 1.82) is 0 Å². The summed E-state index contributed by atoms with van der Waals surface area (Å²) in [5, 5.41) is 12.0. The normalized spacial score (nSPS) is 12.1. The second-order valence-corrected chi connectivity index (χ2v) is 5.82. The molecule has 116 valence electrons. The average molecular weight is 292 g/mol. The molecule has 0 bridgehead atoms. The van der Waals surface area contributed by atoms with Gasteiger partial charge in [-0.3, -0.25) is 0 Å². The molecular weight excluding hydrogens is 268 g/mol. The van der Waals surface area contributed by atoms with E-state index in [9.17, 15) is 14.7 Å². The van der Waals surface area contributed by atoms with Gasteiger partial charge in [0.2, 0.25) is 0 Å². The first-order valence-electron chi connectivity index (χ1n) is 7.10. The number of carboxylic acid groups (broad SMARTS) is 1. The molecule has 0 radical (unpaired) electrons. The average Bonchev–Trinajstić information content (AvgIpc) is 2.36. The number of nitrogens with one attached hydrogen (secondary N) is 1. The number of urea groups is 1. The number of anilines is 1. The Labute approximate surface area is 126 Å². The zero-order valence-electron chi connectivity index (χ0n) is 13.3. The third-order valence-electron chi connectivity index (χ3n) is 3.52. The molecule has 0 fully saturated rings. The number of aryl methyl sites for hydroxylation is 1. The van der Waals surface area contributed by atoms with Crippen LogP contribution >= 0.6 is 0 Å². The van der Waals surface area contributed by atoms with Gasteiger partial charge in [-0.1, -0.05) is 26.0 Å². The quantitative estimate of drug-likeness (QED) is 0.871. The number of rotatable bonds is 5. The Morgan fingerprint density at radius 3 is 2.43 bits per heavy atom. The zero-order chi connectivity index (χ0) is 16.2. The third kappa shape index (κ3) is 4.48. The maximum absolute atomic E-state index is 12.2. The van der Waals surface area contributed by atoms with Crippen LogP contribution in [0.4, 0.5) is 10.5 Å². The molecular formula is C16H24N2O3. The fraction of sp³-hybridized carbons (Fsp3) is 0.500. The third-order valence-corrected chi connectivity index (χ3v) is 3.52. The van der Waals surface area contributed by atoms with Crippen LogP contribution < -0.4 is 5.32 Å². The summed E-state index contributed by atoms with van der Waals surface area (Å²) in [5.74, 6) is -0.551. The molecule has 0 aromatic heterocycles. The molecule has 0 spiro atoms. The highest BCUT2D eigenvalue weighted by molar-refractivity contribution is 6.01. The number of hydrogen-bond acceptors (Lipinski definition) is 2. The standard InChI is InChI=1S/C16H24N2O3/c1-10(2)9-12(4)18(5)16(21)17-13-8-6-7-11(3)14(13)15(19)20/h6-8,10,12H,9H2,1-5H3,(H,17,21)(H,19,20). The van der Waals surface area contributed by atoms with Gasteiger partial charge in [0.05, 0.1) is 11.3 Å². The smallest absolute Gasteiger partial charge is 0.338 e. The number of hydrogen-bond donors (Lipinski definition) is 2. The van der Waals surface area contributed by atoms with Crippen molar-refractivity contribution in [2.24, 2.45) is 5.92 Å². The maximum Gasteiger partial charge on any atom is 0.338 e. The molecule has 0 aliphatic rings. The second-order valence-electron chi connectivity index (χ2n) is 5.82. The van der Waals surface area contributed by atoms with Crippen LogP contribution in [0.5, 0.6) is 0 Å². The van der Waals surface area contributed by atoms with E-state index in [1.807, 2.05) is 6.92 Å². The Bertz CT molecular complexity index is 526. The van der Waals surface area contributed by atoms with E-state index in [0.717, 1.165) is 6.42 Å². The Morgan fingerprint density at radius 1 is 1.29 bits per heavy atom. The molecule has 0 heterocycles. The first-order valence-corrected chi connectivity index (χ1v) is 7.10. The summed E-state index contributed by atoms with van der Waals surface area (Å²) in [4.78, 5) is 25.2. The lowest BCUT2D eigenvalue weighted by Crippen LogP contribution is -2.39. The van der Waals surface area contributed by atoms with Gasteiger partial charge in [-0.25, -0.2) is 9.59 Å². The highest BCUT2D eigenvalue weighted by atomic mass is 16.4. The topological polar surface area (TPSA) is 69.6 Å². The summed E-state index contributed by atoms with van der Waals surface area (Å²) in [6, 6.07) is 4.84. The molecule has 2 amide bonds. The fourth-order valence-corrected chi connectivity index (χ4v) is 2.30. The maximum atomic E-state index is 12.2. The number of benzene rings is 1. The van der Waals surface area contributed by atoms with E-state index in [-0.39, 0.29) is 17.6 Å². The SMILES string of the molecule is Cc1cccc(NC(=O)N(C)C(C)CC(C)C)c1C(=O)O. The summed E-state index contributed by atoms with van der Waals surface area (Å²) in [5.41, 5.74) is 1.09. The lowest BCUT2D eigenvalue weighted by atomic mass is 10.0. The van der Waals surface area contributed by atoms with Crippen LogP contribution in [0.25, 0.3) is 0 Å². The summed E-state index contributed by atoms with van der Waals surface area (Å²) in [6.07, 6.45) is 0.892. The molecule has 1 rings (SSSR count). The summed E-state index contributed by atoms with van der Waals surface area (Å²) in [6.45, 7) is 7.90. The van der Waals surface area contributed by atoms with Crippen molar-refractivity contribution in [2.45, 2.75) is 40.2 Å². The van der Waals surface area contributed by atoms with Gasteiger partial charge >= 0.3 is 12.0 Å². The summed E-state index contributed by atoms with van der Waals surface area (Å²) in [7, 11) is 1.72. The molecule has 1 atom stereocenters. The van der Waals surface area contributed by atoms with Gasteiger partial charge in [0, 0.05) is 13.1 Å². The van der Waals surface area contributed by atoms with Crippen LogP contribution in [0.1, 0.15) is 43.1 Å². The van der Waals surface area contributed by atoms with Crippen LogP contribution in [0.15, 0.2) is 18.2 Å². The van der Waals surface area contributed by atoms with E-state index >= 15 is 0 Å². The minimum Gasteiger partial charge on any atom is -0.478 e. The molecule has 0 saturated heterocycles. The van der Waals surface area contributed by atoms with Crippen molar-refractivity contribution in [3.8, 4) is 0 Å². The van der Waals surface area contributed by atoms with Crippen molar-refractivity contribution in [3.05, 3.63) is 29.3 Å². The fourth-order valence-electron chi connectivity index (χ4n) is 2.30. The molecule has 0 aliphatic heterocycles. The van der Waals surface area contributed by atoms with Crippen molar-refractivity contribution in [2.75, 3.05) is 12.4 Å². The van der Waals surface area contributed by atoms with Crippen molar-refractivity contribution >= 4 is 17.7 Å². The van der Waals surface area contributed by atoms with E-state index in [0.29, 0.717) is 17.2 Å². The largest absolute Gasteiger partial charge is 0.478 e. The Hall–Kier alpha value is -2.04. The van der Waals surface area contributed by atoms with Crippen LogP contribution in [0.2, 0.25) is 0 Å². The highest BCUT2D eigenvalue weighted by Crippen LogP contribution is 2.20. The Morgan fingerprint density at radius 2 is 1.90 bits per heavy atom. The molecule has 1 unspecified atom stereocenters. The van der Waals surface area contributed by atoms with Gasteiger partial charge in [0.15, 0.2) is 0 Å². The lowest BCUT2D eigenvalue weighted by molar-refractivity contribution is 0.0697. The van der Waals surface area contributed by atoms with Gasteiger partial charge < -0.3 is 15.3 Å². The molecule has 0 saturated carbocycles. The Balaban J connectivity index is 2.89. The molecule has 21 heavy (non-hydrogen) atoms. The number of carboxylic acids is 1. The van der Waals surface area contributed by atoms with E-state index in [2.05, 4.69) is 19.2 Å². The number of carbonyl (C=O) groups excluding carboxylic acids is 1. The van der Waals surface area contributed by atoms with Gasteiger partial charge in [0.25, 0.3) is 0 Å². The molecule has 5 heteroatoms. The zero-order valence-corrected chi connectivity index (χ0v) is 13.3. The number of carbonyl (C=O) groups is 2. The van der Waals surface area contributed by atoms with Gasteiger partial charge in [0.1, 0.15) is 0 Å². The van der Waals surface area contributed by atoms with Gasteiger partial charge in [-0.2, -0.15) is 0 Å². The first kappa shape index (κ1) is 17.0. The van der Waals surface area contributed by atoms with E-state index in [1.54, 1.807) is 37.1 Å². The molecule has 1 aromatic rings. The highest BCUT2D eigenvalue weighted by Gasteiger charge is 2.20. The van der Waals surface area contributed by atoms with Gasteiger partial charge in [-0.05, 0) is 37.8 Å². The Kier molecular flexibility index (Phi) is 5.76. The van der Waals surface area contributed by atoms with Crippen LogP contribution in [0, 0.1) is 12.8 Å². The predicted molar refractivity (Wildman–Crippen MR) is 83.8 cm³/mol. The van der Waals surface area contributed by atoms with Crippen LogP contribution in [0.3, 0.4) is 0 Å². The molecule has 2 N–H and O–H groups in total. The van der Waals surface area contributed by atoms with Gasteiger partial charge in [-0.15, -0.1) is 0 Å². The minimum atomic E-state index is -1.04. The summed E-state index contributed by atoms with van der Waals surface area (Å²) >= 11 is 0. The van der Waals surface area contributed by atoms with Crippen LogP contribution in [-0.2, 0) is 0 Å². The number of nitrogens with zero attached hydrogens (tertiary/aromatic N) is 1. The van der Waals surface area contributed by atoms with Crippen LogP contribution in [-0.4, -0.2) is 35.1 Å². The monoisotopic (exact) mass is 292 g/mol. The molecule has 5 nitrogen and oxygen atoms in total. The van der Waals surface area contributed by atoms with Crippen molar-refractivity contribution < 1.29 is 14.7 Å². The summed E-state index contributed by atoms with van der Waals surface area (Å²) < 4.78 is 0. The molecule has 1 aromatic carbocycles. The minimum absolute atomic E-state index is 0.0862. The molecule has 0 aliphatic carbocycles. The number of aromatic carboxylic acids is 1. The van der Waals surface area contributed by atoms with E-state index < -0.39 is 5.97 Å².